The van der Waals surface area contributed by atoms with Crippen molar-refractivity contribution in [2.24, 2.45) is 0 Å². The van der Waals surface area contributed by atoms with Crippen LogP contribution in [0.2, 0.25) is 0 Å². The molecule has 0 heterocycles. The largest absolute Gasteiger partial charge is 0.0730 e. The van der Waals surface area contributed by atoms with Gasteiger partial charge in [-0.2, -0.15) is 0 Å². The van der Waals surface area contributed by atoms with Crippen LogP contribution in [0.3, 0.4) is 0 Å². The lowest BCUT2D eigenvalue weighted by atomic mass is 9.94. The van der Waals surface area contributed by atoms with E-state index in [1.165, 1.54) is 11.1 Å². The van der Waals surface area contributed by atoms with Gasteiger partial charge in [-0.25, -0.2) is 0 Å². The maximum absolute atomic E-state index is 2.24. The molecule has 12 heavy (non-hydrogen) atoms. The molecule has 0 aromatic carbocycles. The highest BCUT2D eigenvalue weighted by atomic mass is 14.1. The second kappa shape index (κ2) is 5.18. The van der Waals surface area contributed by atoms with Gasteiger partial charge in [-0.15, -0.1) is 0 Å². The zero-order valence-corrected chi connectivity index (χ0v) is 9.41. The molecule has 0 radical (unpaired) electrons. The summed E-state index contributed by atoms with van der Waals surface area (Å²) in [6.45, 7) is 13.3. The SMILES string of the molecule is CCC(=C(C)C)C(CC)=C(C)C. The number of hydrogen-bond donors (Lipinski definition) is 0. The molecule has 0 heteroatoms. The van der Waals surface area contributed by atoms with Crippen LogP contribution in [0.4, 0.5) is 0 Å². The van der Waals surface area contributed by atoms with Crippen LogP contribution in [0, 0.1) is 0 Å². The van der Waals surface area contributed by atoms with E-state index in [9.17, 15) is 0 Å². The van der Waals surface area contributed by atoms with Crippen LogP contribution in [-0.2, 0) is 0 Å². The van der Waals surface area contributed by atoms with Crippen molar-refractivity contribution in [2.75, 3.05) is 0 Å². The van der Waals surface area contributed by atoms with Crippen LogP contribution in [0.1, 0.15) is 54.4 Å². The molecule has 0 N–H and O–H groups in total. The number of hydrogen-bond acceptors (Lipinski definition) is 0. The fraction of sp³-hybridized carbons (Fsp3) is 0.667. The van der Waals surface area contributed by atoms with Crippen molar-refractivity contribution < 1.29 is 0 Å². The van der Waals surface area contributed by atoms with E-state index >= 15 is 0 Å². The van der Waals surface area contributed by atoms with Crippen molar-refractivity contribution in [2.45, 2.75) is 54.4 Å². The first-order valence-electron chi connectivity index (χ1n) is 4.87. The smallest absolute Gasteiger partial charge is 0.0305 e. The zero-order valence-electron chi connectivity index (χ0n) is 9.41. The van der Waals surface area contributed by atoms with Crippen molar-refractivity contribution in [3.05, 3.63) is 22.3 Å². The second-order valence-electron chi connectivity index (χ2n) is 3.66. The van der Waals surface area contributed by atoms with Crippen molar-refractivity contribution in [1.29, 1.82) is 0 Å². The van der Waals surface area contributed by atoms with Gasteiger partial charge in [-0.05, 0) is 51.7 Å². The third-order valence-electron chi connectivity index (χ3n) is 2.28. The normalized spacial score (nSPS) is 9.50. The summed E-state index contributed by atoms with van der Waals surface area (Å²) in [4.78, 5) is 0. The predicted molar refractivity (Wildman–Crippen MR) is 57.3 cm³/mol. The average molecular weight is 166 g/mol. The minimum Gasteiger partial charge on any atom is -0.0730 e. The van der Waals surface area contributed by atoms with Crippen molar-refractivity contribution in [3.63, 3.8) is 0 Å². The maximum Gasteiger partial charge on any atom is -0.0305 e. The van der Waals surface area contributed by atoms with Crippen LogP contribution < -0.4 is 0 Å². The Kier molecular flexibility index (Phi) is 4.96. The van der Waals surface area contributed by atoms with Gasteiger partial charge in [0.25, 0.3) is 0 Å². The first kappa shape index (κ1) is 11.5. The molecule has 0 aliphatic heterocycles. The molecule has 0 nitrogen and oxygen atoms in total. The fourth-order valence-corrected chi connectivity index (χ4v) is 1.74. The first-order chi connectivity index (χ1) is 5.54. The van der Waals surface area contributed by atoms with Crippen LogP contribution in [0.5, 0.6) is 0 Å². The second-order valence-corrected chi connectivity index (χ2v) is 3.66. The first-order valence-corrected chi connectivity index (χ1v) is 4.87. The quantitative estimate of drug-likeness (QED) is 0.542. The van der Waals surface area contributed by atoms with Gasteiger partial charge in [-0.1, -0.05) is 25.0 Å². The van der Waals surface area contributed by atoms with Crippen LogP contribution in [0.25, 0.3) is 0 Å². The summed E-state index contributed by atoms with van der Waals surface area (Å²) in [5, 5.41) is 0. The molecule has 0 bridgehead atoms. The Balaban J connectivity index is 4.98. The van der Waals surface area contributed by atoms with Crippen molar-refractivity contribution in [3.8, 4) is 0 Å². The molecule has 0 atom stereocenters. The van der Waals surface area contributed by atoms with E-state index in [4.69, 9.17) is 0 Å². The lowest BCUT2D eigenvalue weighted by Gasteiger charge is -2.12. The highest BCUT2D eigenvalue weighted by Gasteiger charge is 2.03. The third kappa shape index (κ3) is 2.84. The van der Waals surface area contributed by atoms with E-state index < -0.39 is 0 Å². The molecule has 0 fully saturated rings. The molecule has 0 spiro atoms. The van der Waals surface area contributed by atoms with Gasteiger partial charge < -0.3 is 0 Å². The molecule has 0 saturated carbocycles. The summed E-state index contributed by atoms with van der Waals surface area (Å²) in [6.07, 6.45) is 2.33. The minimum absolute atomic E-state index is 1.16. The van der Waals surface area contributed by atoms with Crippen molar-refractivity contribution >= 4 is 0 Å². The highest BCUT2D eigenvalue weighted by molar-refractivity contribution is 5.36. The topological polar surface area (TPSA) is 0 Å². The molecule has 0 saturated heterocycles. The van der Waals surface area contributed by atoms with E-state index in [1.807, 2.05) is 0 Å². The van der Waals surface area contributed by atoms with Gasteiger partial charge in [0.1, 0.15) is 0 Å². The summed E-state index contributed by atoms with van der Waals surface area (Å²) in [5.74, 6) is 0. The Morgan fingerprint density at radius 1 is 0.667 bits per heavy atom. The summed E-state index contributed by atoms with van der Waals surface area (Å²) < 4.78 is 0. The molecular weight excluding hydrogens is 144 g/mol. The third-order valence-corrected chi connectivity index (χ3v) is 2.28. The molecule has 0 aromatic heterocycles. The lowest BCUT2D eigenvalue weighted by Crippen LogP contribution is -1.92. The molecular formula is C12H22. The predicted octanol–water partition coefficient (Wildman–Crippen LogP) is 4.48. The van der Waals surface area contributed by atoms with E-state index in [0.29, 0.717) is 0 Å². The fourth-order valence-electron chi connectivity index (χ4n) is 1.74. The van der Waals surface area contributed by atoms with Gasteiger partial charge >= 0.3 is 0 Å². The molecule has 70 valence electrons. The van der Waals surface area contributed by atoms with Crippen LogP contribution in [0.15, 0.2) is 22.3 Å². The number of allylic oxidation sites excluding steroid dienone is 4. The molecule has 0 aliphatic rings. The van der Waals surface area contributed by atoms with E-state index in [1.54, 1.807) is 11.1 Å². The maximum atomic E-state index is 2.24. The average Bonchev–Trinajstić information content (AvgIpc) is 1.98. The Hall–Kier alpha value is -0.520. The summed E-state index contributed by atoms with van der Waals surface area (Å²) in [7, 11) is 0. The van der Waals surface area contributed by atoms with Gasteiger partial charge in [0, 0.05) is 0 Å². The van der Waals surface area contributed by atoms with Gasteiger partial charge in [-0.3, -0.25) is 0 Å². The van der Waals surface area contributed by atoms with Gasteiger partial charge in [0.2, 0.25) is 0 Å². The summed E-state index contributed by atoms with van der Waals surface area (Å²) >= 11 is 0. The lowest BCUT2D eigenvalue weighted by molar-refractivity contribution is 0.972. The molecule has 0 rings (SSSR count). The van der Waals surface area contributed by atoms with Crippen LogP contribution in [-0.4, -0.2) is 0 Å². The van der Waals surface area contributed by atoms with Crippen molar-refractivity contribution in [1.82, 2.24) is 0 Å². The monoisotopic (exact) mass is 166 g/mol. The van der Waals surface area contributed by atoms with Gasteiger partial charge in [0.15, 0.2) is 0 Å². The Bertz CT molecular complexity index is 172. The number of rotatable bonds is 3. The Morgan fingerprint density at radius 2 is 0.917 bits per heavy atom. The minimum atomic E-state index is 1.16. The zero-order chi connectivity index (χ0) is 9.72. The molecule has 0 aromatic rings. The highest BCUT2D eigenvalue weighted by Crippen LogP contribution is 2.23. The molecule has 0 aliphatic carbocycles. The standard InChI is InChI=1S/C12H22/c1-7-11(9(3)4)12(8-2)10(5)6/h7-8H2,1-6H3. The van der Waals surface area contributed by atoms with E-state index in [0.717, 1.165) is 12.8 Å². The van der Waals surface area contributed by atoms with Gasteiger partial charge in [0.05, 0.1) is 0 Å². The van der Waals surface area contributed by atoms with E-state index in [-0.39, 0.29) is 0 Å². The molecule has 0 amide bonds. The van der Waals surface area contributed by atoms with E-state index in [2.05, 4.69) is 41.5 Å². The summed E-state index contributed by atoms with van der Waals surface area (Å²) in [6, 6.07) is 0. The molecule has 0 unspecified atom stereocenters. The van der Waals surface area contributed by atoms with Crippen LogP contribution >= 0.6 is 0 Å². The Labute approximate surface area is 77.4 Å². The Morgan fingerprint density at radius 3 is 1.00 bits per heavy atom. The summed E-state index contributed by atoms with van der Waals surface area (Å²) in [5.41, 5.74) is 6.04.